The molecule has 30 heavy (non-hydrogen) atoms. The van der Waals surface area contributed by atoms with E-state index in [1.54, 1.807) is 24.3 Å². The van der Waals surface area contributed by atoms with Crippen molar-refractivity contribution in [2.24, 2.45) is 11.8 Å². The Labute approximate surface area is 189 Å². The first-order valence-corrected chi connectivity index (χ1v) is 11.3. The summed E-state index contributed by atoms with van der Waals surface area (Å²) in [5, 5.41) is 12.7. The molecule has 0 aliphatic carbocycles. The van der Waals surface area contributed by atoms with Gasteiger partial charge in [0.25, 0.3) is 0 Å². The minimum absolute atomic E-state index is 0.00624. The SMILES string of the molecule is O=C(OCCO)c1ccc(CCC[C@H]2C(=O)NC[C@@H]2COc2cc(Cl)cc(Cl)c2)s1. The van der Waals surface area contributed by atoms with Gasteiger partial charge in [-0.05, 0) is 49.6 Å². The van der Waals surface area contributed by atoms with Crippen LogP contribution < -0.4 is 10.1 Å². The number of nitrogens with one attached hydrogen (secondary N) is 1. The quantitative estimate of drug-likeness (QED) is 0.512. The molecule has 1 aromatic carbocycles. The van der Waals surface area contributed by atoms with E-state index < -0.39 is 5.97 Å². The molecule has 2 aromatic rings. The van der Waals surface area contributed by atoms with Crippen LogP contribution in [0.4, 0.5) is 0 Å². The van der Waals surface area contributed by atoms with Crippen molar-refractivity contribution in [2.75, 3.05) is 26.4 Å². The summed E-state index contributed by atoms with van der Waals surface area (Å²) < 4.78 is 10.7. The number of aryl methyl sites for hydroxylation is 1. The number of rotatable bonds is 10. The fraction of sp³-hybridized carbons (Fsp3) is 0.429. The zero-order valence-corrected chi connectivity index (χ0v) is 18.6. The monoisotopic (exact) mass is 471 g/mol. The van der Waals surface area contributed by atoms with Gasteiger partial charge >= 0.3 is 5.97 Å². The van der Waals surface area contributed by atoms with Crippen LogP contribution in [0.5, 0.6) is 5.75 Å². The Morgan fingerprint density at radius 2 is 2.00 bits per heavy atom. The van der Waals surface area contributed by atoms with E-state index in [0.29, 0.717) is 33.8 Å². The van der Waals surface area contributed by atoms with Gasteiger partial charge in [-0.1, -0.05) is 23.2 Å². The van der Waals surface area contributed by atoms with Crippen molar-refractivity contribution in [3.8, 4) is 5.75 Å². The lowest BCUT2D eigenvalue weighted by Crippen LogP contribution is -2.22. The van der Waals surface area contributed by atoms with Crippen molar-refractivity contribution in [2.45, 2.75) is 19.3 Å². The van der Waals surface area contributed by atoms with Gasteiger partial charge in [0.05, 0.1) is 13.2 Å². The number of hydrogen-bond donors (Lipinski definition) is 2. The van der Waals surface area contributed by atoms with Crippen LogP contribution in [0.1, 0.15) is 27.4 Å². The molecule has 6 nitrogen and oxygen atoms in total. The van der Waals surface area contributed by atoms with Gasteiger partial charge in [-0.25, -0.2) is 4.79 Å². The maximum Gasteiger partial charge on any atom is 0.348 e. The molecule has 1 aromatic heterocycles. The van der Waals surface area contributed by atoms with Crippen LogP contribution in [0.3, 0.4) is 0 Å². The number of carbonyl (C=O) groups is 2. The fourth-order valence-corrected chi connectivity index (χ4v) is 4.85. The second-order valence-corrected chi connectivity index (χ2v) is 9.09. The van der Waals surface area contributed by atoms with Gasteiger partial charge in [0.15, 0.2) is 0 Å². The van der Waals surface area contributed by atoms with Gasteiger partial charge in [0.2, 0.25) is 5.91 Å². The highest BCUT2D eigenvalue weighted by Crippen LogP contribution is 2.28. The molecule has 2 N–H and O–H groups in total. The second kappa shape index (κ2) is 11.0. The van der Waals surface area contributed by atoms with E-state index in [0.717, 1.165) is 24.1 Å². The number of carbonyl (C=O) groups excluding carboxylic acids is 2. The molecule has 2 atom stereocenters. The van der Waals surface area contributed by atoms with Crippen molar-refractivity contribution in [1.29, 1.82) is 0 Å². The molecule has 1 amide bonds. The second-order valence-electron chi connectivity index (χ2n) is 7.05. The standard InChI is InChI=1S/C21H23Cl2NO5S/c22-14-8-15(23)10-16(9-14)29-12-13-11-24-20(26)18(13)3-1-2-17-4-5-19(30-17)21(27)28-7-6-25/h4-5,8-10,13,18,25H,1-3,6-7,11-12H2,(H,24,26)/t13-,18-/m1/s1. The summed E-state index contributed by atoms with van der Waals surface area (Å²) in [7, 11) is 0. The number of aliphatic hydroxyl groups excluding tert-OH is 1. The summed E-state index contributed by atoms with van der Waals surface area (Å²) in [6.07, 6.45) is 2.33. The first kappa shape index (κ1) is 22.9. The van der Waals surface area contributed by atoms with Crippen LogP contribution in [0.2, 0.25) is 10.0 Å². The largest absolute Gasteiger partial charge is 0.493 e. The van der Waals surface area contributed by atoms with Crippen molar-refractivity contribution >= 4 is 46.4 Å². The molecule has 1 saturated heterocycles. The fourth-order valence-electron chi connectivity index (χ4n) is 3.40. The molecule has 1 aliphatic heterocycles. The summed E-state index contributed by atoms with van der Waals surface area (Å²) in [5.74, 6) is 0.169. The zero-order valence-electron chi connectivity index (χ0n) is 16.2. The third-order valence-corrected chi connectivity index (χ3v) is 6.43. The molecule has 1 fully saturated rings. The average Bonchev–Trinajstić information content (AvgIpc) is 3.31. The molecule has 3 rings (SSSR count). The Balaban J connectivity index is 1.48. The van der Waals surface area contributed by atoms with E-state index in [9.17, 15) is 9.59 Å². The molecule has 0 unspecified atom stereocenters. The topological polar surface area (TPSA) is 84.9 Å². The van der Waals surface area contributed by atoms with E-state index >= 15 is 0 Å². The molecule has 9 heteroatoms. The molecule has 2 heterocycles. The van der Waals surface area contributed by atoms with Gasteiger partial charge in [-0.15, -0.1) is 11.3 Å². The third-order valence-electron chi connectivity index (χ3n) is 4.87. The number of benzene rings is 1. The molecular weight excluding hydrogens is 449 g/mol. The van der Waals surface area contributed by atoms with E-state index in [1.165, 1.54) is 11.3 Å². The Hall–Kier alpha value is -1.80. The molecule has 0 saturated carbocycles. The predicted molar refractivity (Wildman–Crippen MR) is 117 cm³/mol. The highest BCUT2D eigenvalue weighted by atomic mass is 35.5. The number of ether oxygens (including phenoxy) is 2. The maximum atomic E-state index is 12.3. The molecule has 0 bridgehead atoms. The van der Waals surface area contributed by atoms with E-state index in [2.05, 4.69) is 5.32 Å². The van der Waals surface area contributed by atoms with Gasteiger partial charge in [-0.3, -0.25) is 4.79 Å². The summed E-state index contributed by atoms with van der Waals surface area (Å²) in [4.78, 5) is 25.6. The van der Waals surface area contributed by atoms with Gasteiger partial charge in [0, 0.05) is 33.3 Å². The minimum Gasteiger partial charge on any atom is -0.493 e. The van der Waals surface area contributed by atoms with Crippen LogP contribution in [0.25, 0.3) is 0 Å². The zero-order chi connectivity index (χ0) is 21.5. The van der Waals surface area contributed by atoms with Crippen LogP contribution in [-0.4, -0.2) is 43.3 Å². The number of hydrogen-bond acceptors (Lipinski definition) is 6. The smallest absolute Gasteiger partial charge is 0.348 e. The molecule has 1 aliphatic rings. The summed E-state index contributed by atoms with van der Waals surface area (Å²) in [5.41, 5.74) is 0. The van der Waals surface area contributed by atoms with E-state index in [-0.39, 0.29) is 31.0 Å². The Bertz CT molecular complexity index is 868. The highest BCUT2D eigenvalue weighted by Gasteiger charge is 2.34. The summed E-state index contributed by atoms with van der Waals surface area (Å²) >= 11 is 13.4. The number of aliphatic hydroxyl groups is 1. The van der Waals surface area contributed by atoms with Crippen LogP contribution in [0, 0.1) is 11.8 Å². The van der Waals surface area contributed by atoms with Crippen molar-refractivity contribution in [3.63, 3.8) is 0 Å². The van der Waals surface area contributed by atoms with Crippen molar-refractivity contribution in [1.82, 2.24) is 5.32 Å². The molecule has 0 radical (unpaired) electrons. The summed E-state index contributed by atoms with van der Waals surface area (Å²) in [6, 6.07) is 8.67. The molecule has 162 valence electrons. The molecule has 0 spiro atoms. The minimum atomic E-state index is -0.422. The normalized spacial score (nSPS) is 18.3. The first-order chi connectivity index (χ1) is 14.5. The Morgan fingerprint density at radius 1 is 1.23 bits per heavy atom. The number of thiophene rings is 1. The third kappa shape index (κ3) is 6.35. The maximum absolute atomic E-state index is 12.3. The number of amides is 1. The van der Waals surface area contributed by atoms with Gasteiger partial charge in [0.1, 0.15) is 17.2 Å². The lowest BCUT2D eigenvalue weighted by Gasteiger charge is -2.17. The number of esters is 1. The lowest BCUT2D eigenvalue weighted by molar-refractivity contribution is -0.123. The summed E-state index contributed by atoms with van der Waals surface area (Å²) in [6.45, 7) is 0.786. The average molecular weight is 472 g/mol. The lowest BCUT2D eigenvalue weighted by atomic mass is 9.91. The van der Waals surface area contributed by atoms with Crippen molar-refractivity contribution in [3.05, 3.63) is 50.1 Å². The van der Waals surface area contributed by atoms with Crippen LogP contribution in [-0.2, 0) is 16.0 Å². The Kier molecular flexibility index (Phi) is 8.39. The van der Waals surface area contributed by atoms with Crippen LogP contribution in [0.15, 0.2) is 30.3 Å². The number of halogens is 2. The van der Waals surface area contributed by atoms with Crippen molar-refractivity contribution < 1.29 is 24.2 Å². The van der Waals surface area contributed by atoms with Gasteiger partial charge < -0.3 is 19.9 Å². The molecular formula is C21H23Cl2NO5S. The predicted octanol–water partition coefficient (Wildman–Crippen LogP) is 3.97. The Morgan fingerprint density at radius 3 is 2.73 bits per heavy atom. The first-order valence-electron chi connectivity index (χ1n) is 9.69. The van der Waals surface area contributed by atoms with Gasteiger partial charge in [-0.2, -0.15) is 0 Å². The van der Waals surface area contributed by atoms with E-state index in [1.807, 2.05) is 6.07 Å². The van der Waals surface area contributed by atoms with E-state index in [4.69, 9.17) is 37.8 Å². The highest BCUT2D eigenvalue weighted by molar-refractivity contribution is 7.13. The van der Waals surface area contributed by atoms with Crippen LogP contribution >= 0.6 is 34.5 Å².